The second-order valence-corrected chi connectivity index (χ2v) is 8.02. The van der Waals surface area contributed by atoms with Crippen LogP contribution in [0, 0.1) is 0 Å². The molecule has 8 heteroatoms. The van der Waals surface area contributed by atoms with Gasteiger partial charge < -0.3 is 19.8 Å². The van der Waals surface area contributed by atoms with Crippen LogP contribution in [0.2, 0.25) is 0 Å². The molecule has 0 fully saturated rings. The van der Waals surface area contributed by atoms with E-state index in [1.54, 1.807) is 42.7 Å². The third kappa shape index (κ3) is 7.65. The Bertz CT molecular complexity index is 833. The van der Waals surface area contributed by atoms with E-state index < -0.39 is 5.97 Å². The second kappa shape index (κ2) is 10.7. The molecular formula is C21H26N2O5S. The lowest BCUT2D eigenvalue weighted by Gasteiger charge is -2.24. The van der Waals surface area contributed by atoms with E-state index in [0.717, 1.165) is 6.42 Å². The summed E-state index contributed by atoms with van der Waals surface area (Å²) in [6.45, 7) is 5.71. The van der Waals surface area contributed by atoms with Gasteiger partial charge in [0, 0.05) is 10.4 Å². The summed E-state index contributed by atoms with van der Waals surface area (Å²) in [5, 5.41) is 5.56. The summed E-state index contributed by atoms with van der Waals surface area (Å²) in [5.74, 6) is -0.343. The highest BCUT2D eigenvalue weighted by atomic mass is 32.2. The highest BCUT2D eigenvalue weighted by molar-refractivity contribution is 8.00. The Morgan fingerprint density at radius 3 is 2.55 bits per heavy atom. The fraction of sp³-hybridized carbons (Fsp3) is 0.381. The number of esters is 1. The molecule has 0 bridgehead atoms. The van der Waals surface area contributed by atoms with Gasteiger partial charge in [-0.3, -0.25) is 9.59 Å². The maximum atomic E-state index is 12.4. The number of benzene rings is 1. The molecule has 2 N–H and O–H groups in total. The van der Waals surface area contributed by atoms with Crippen LogP contribution in [0.4, 0.5) is 0 Å². The van der Waals surface area contributed by atoms with Crippen molar-refractivity contribution in [3.05, 3.63) is 54.0 Å². The van der Waals surface area contributed by atoms with Gasteiger partial charge in [0.2, 0.25) is 5.91 Å². The van der Waals surface area contributed by atoms with Crippen molar-refractivity contribution in [3.63, 3.8) is 0 Å². The summed E-state index contributed by atoms with van der Waals surface area (Å²) in [6.07, 6.45) is 2.30. The summed E-state index contributed by atoms with van der Waals surface area (Å²) in [4.78, 5) is 37.0. The molecule has 2 amide bonds. The minimum atomic E-state index is -0.603. The van der Waals surface area contributed by atoms with E-state index in [0.29, 0.717) is 22.8 Å². The zero-order chi connectivity index (χ0) is 21.3. The minimum Gasteiger partial charge on any atom is -0.467 e. The maximum absolute atomic E-state index is 12.4. The van der Waals surface area contributed by atoms with E-state index in [4.69, 9.17) is 9.15 Å². The van der Waals surface area contributed by atoms with Crippen LogP contribution in [0.5, 0.6) is 0 Å². The third-order valence-corrected chi connectivity index (χ3v) is 5.28. The van der Waals surface area contributed by atoms with E-state index in [9.17, 15) is 14.4 Å². The standard InChI is InChI=1S/C21H26N2O5S/c1-4-21(2,3)23-18(24)13-28-20(26)16-9-5-6-10-17(16)29-14-19(25)22-12-15-8-7-11-27-15/h5-11H,4,12-14H2,1-3H3,(H,22,25)(H,23,24). The topological polar surface area (TPSA) is 97.6 Å². The van der Waals surface area contributed by atoms with Gasteiger partial charge in [-0.15, -0.1) is 11.8 Å². The molecule has 156 valence electrons. The van der Waals surface area contributed by atoms with E-state index in [2.05, 4.69) is 10.6 Å². The van der Waals surface area contributed by atoms with Crippen LogP contribution in [-0.2, 0) is 20.9 Å². The Morgan fingerprint density at radius 2 is 1.86 bits per heavy atom. The highest BCUT2D eigenvalue weighted by Crippen LogP contribution is 2.23. The Labute approximate surface area is 174 Å². The van der Waals surface area contributed by atoms with Crippen LogP contribution in [0.1, 0.15) is 43.3 Å². The number of amides is 2. The van der Waals surface area contributed by atoms with Crippen LogP contribution >= 0.6 is 11.8 Å². The average Bonchev–Trinajstić information content (AvgIpc) is 3.22. The van der Waals surface area contributed by atoms with Crippen LogP contribution in [0.25, 0.3) is 0 Å². The molecule has 2 rings (SSSR count). The fourth-order valence-corrected chi connectivity index (χ4v) is 3.14. The Balaban J connectivity index is 1.86. The van der Waals surface area contributed by atoms with E-state index >= 15 is 0 Å². The molecule has 0 saturated carbocycles. The van der Waals surface area contributed by atoms with Crippen molar-refractivity contribution in [1.82, 2.24) is 10.6 Å². The molecule has 0 aliphatic rings. The maximum Gasteiger partial charge on any atom is 0.339 e. The molecule has 1 aromatic carbocycles. The molecule has 0 atom stereocenters. The van der Waals surface area contributed by atoms with Gasteiger partial charge in [0.25, 0.3) is 5.91 Å². The fourth-order valence-electron chi connectivity index (χ4n) is 2.27. The lowest BCUT2D eigenvalue weighted by Crippen LogP contribution is -2.44. The summed E-state index contributed by atoms with van der Waals surface area (Å²) in [5.41, 5.74) is -0.0424. The van der Waals surface area contributed by atoms with Gasteiger partial charge in [0.1, 0.15) is 5.76 Å². The molecule has 7 nitrogen and oxygen atoms in total. The number of carbonyl (C=O) groups excluding carboxylic acids is 3. The molecule has 0 aliphatic carbocycles. The van der Waals surface area contributed by atoms with E-state index in [1.165, 1.54) is 11.8 Å². The lowest BCUT2D eigenvalue weighted by molar-refractivity contribution is -0.125. The zero-order valence-corrected chi connectivity index (χ0v) is 17.6. The van der Waals surface area contributed by atoms with E-state index in [1.807, 2.05) is 20.8 Å². The summed E-state index contributed by atoms with van der Waals surface area (Å²) in [6, 6.07) is 10.4. The number of thioether (sulfide) groups is 1. The number of rotatable bonds is 10. The molecule has 2 aromatic rings. The van der Waals surface area contributed by atoms with Crippen molar-refractivity contribution in [1.29, 1.82) is 0 Å². The van der Waals surface area contributed by atoms with Crippen molar-refractivity contribution in [2.45, 2.75) is 44.2 Å². The van der Waals surface area contributed by atoms with Crippen molar-refractivity contribution in [2.75, 3.05) is 12.4 Å². The van der Waals surface area contributed by atoms with Crippen molar-refractivity contribution in [2.24, 2.45) is 0 Å². The first-order valence-electron chi connectivity index (χ1n) is 9.30. The molecule has 1 aromatic heterocycles. The largest absolute Gasteiger partial charge is 0.467 e. The first-order chi connectivity index (χ1) is 13.8. The molecule has 0 aliphatic heterocycles. The SMILES string of the molecule is CCC(C)(C)NC(=O)COC(=O)c1ccccc1SCC(=O)NCc1ccco1. The van der Waals surface area contributed by atoms with Crippen LogP contribution in [0.3, 0.4) is 0 Å². The van der Waals surface area contributed by atoms with Gasteiger partial charge in [-0.1, -0.05) is 19.1 Å². The number of hydrogen-bond donors (Lipinski definition) is 2. The van der Waals surface area contributed by atoms with Gasteiger partial charge in [0.15, 0.2) is 6.61 Å². The molecule has 0 spiro atoms. The zero-order valence-electron chi connectivity index (χ0n) is 16.8. The third-order valence-electron chi connectivity index (χ3n) is 4.20. The summed E-state index contributed by atoms with van der Waals surface area (Å²) in [7, 11) is 0. The van der Waals surface area contributed by atoms with Gasteiger partial charge in [-0.25, -0.2) is 4.79 Å². The quantitative estimate of drug-likeness (QED) is 0.454. The number of ether oxygens (including phenoxy) is 1. The molecule has 29 heavy (non-hydrogen) atoms. The Morgan fingerprint density at radius 1 is 1.10 bits per heavy atom. The predicted octanol–water partition coefficient (Wildman–Crippen LogP) is 3.15. The van der Waals surface area contributed by atoms with E-state index in [-0.39, 0.29) is 29.7 Å². The first-order valence-corrected chi connectivity index (χ1v) is 10.3. The molecule has 0 radical (unpaired) electrons. The average molecular weight is 419 g/mol. The number of nitrogens with one attached hydrogen (secondary N) is 2. The van der Waals surface area contributed by atoms with Gasteiger partial charge >= 0.3 is 5.97 Å². The van der Waals surface area contributed by atoms with Crippen LogP contribution in [0.15, 0.2) is 52.0 Å². The first kappa shape index (κ1) is 22.5. The van der Waals surface area contributed by atoms with Crippen molar-refractivity contribution >= 4 is 29.5 Å². The number of hydrogen-bond acceptors (Lipinski definition) is 6. The molecule has 0 saturated heterocycles. The Hall–Kier alpha value is -2.74. The number of furan rings is 1. The minimum absolute atomic E-state index is 0.135. The highest BCUT2D eigenvalue weighted by Gasteiger charge is 2.20. The van der Waals surface area contributed by atoms with Gasteiger partial charge in [-0.2, -0.15) is 0 Å². The molecular weight excluding hydrogens is 392 g/mol. The smallest absolute Gasteiger partial charge is 0.339 e. The van der Waals surface area contributed by atoms with Gasteiger partial charge in [-0.05, 0) is 44.5 Å². The molecule has 0 unspecified atom stereocenters. The summed E-state index contributed by atoms with van der Waals surface area (Å²) < 4.78 is 10.3. The monoisotopic (exact) mass is 418 g/mol. The molecule has 1 heterocycles. The summed E-state index contributed by atoms with van der Waals surface area (Å²) >= 11 is 1.22. The van der Waals surface area contributed by atoms with Crippen LogP contribution in [-0.4, -0.2) is 35.7 Å². The van der Waals surface area contributed by atoms with Gasteiger partial charge in [0.05, 0.1) is 24.1 Å². The van der Waals surface area contributed by atoms with Crippen LogP contribution < -0.4 is 10.6 Å². The number of carbonyl (C=O) groups is 3. The lowest BCUT2D eigenvalue weighted by atomic mass is 10.0. The van der Waals surface area contributed by atoms with Crippen molar-refractivity contribution < 1.29 is 23.5 Å². The van der Waals surface area contributed by atoms with Crippen molar-refractivity contribution in [3.8, 4) is 0 Å². The normalized spacial score (nSPS) is 11.0. The second-order valence-electron chi connectivity index (χ2n) is 7.00. The Kier molecular flexibility index (Phi) is 8.33. The predicted molar refractivity (Wildman–Crippen MR) is 111 cm³/mol.